The van der Waals surface area contributed by atoms with Gasteiger partial charge in [-0.3, -0.25) is 0 Å². The van der Waals surface area contributed by atoms with E-state index in [0.717, 1.165) is 31.7 Å². The molecule has 0 bridgehead atoms. The molecule has 2 N–H and O–H groups in total. The van der Waals surface area contributed by atoms with Gasteiger partial charge in [0.25, 0.3) is 0 Å². The average molecular weight is 251 g/mol. The molecule has 2 aliphatic rings. The van der Waals surface area contributed by atoms with E-state index in [4.69, 9.17) is 14.2 Å². The van der Waals surface area contributed by atoms with E-state index in [-0.39, 0.29) is 6.79 Å². The zero-order valence-corrected chi connectivity index (χ0v) is 10.1. The fourth-order valence-corrected chi connectivity index (χ4v) is 2.22. The van der Waals surface area contributed by atoms with Crippen molar-refractivity contribution in [3.63, 3.8) is 0 Å². The number of benzene rings is 1. The van der Waals surface area contributed by atoms with Gasteiger partial charge in [0.05, 0.1) is 0 Å². The summed E-state index contributed by atoms with van der Waals surface area (Å²) in [6, 6.07) is 5.45. The molecule has 3 rings (SSSR count). The lowest BCUT2D eigenvalue weighted by molar-refractivity contribution is -0.0286. The van der Waals surface area contributed by atoms with Gasteiger partial charge in [-0.25, -0.2) is 0 Å². The normalized spacial score (nSPS) is 20.7. The Balaban J connectivity index is 1.62. The molecule has 5 nitrogen and oxygen atoms in total. The minimum absolute atomic E-state index is 0.258. The predicted molar refractivity (Wildman–Crippen MR) is 65.1 cm³/mol. The second-order valence-corrected chi connectivity index (χ2v) is 4.78. The summed E-state index contributed by atoms with van der Waals surface area (Å²) < 4.78 is 16.2. The van der Waals surface area contributed by atoms with Crippen molar-refractivity contribution in [2.24, 2.45) is 0 Å². The fourth-order valence-electron chi connectivity index (χ4n) is 2.22. The molecule has 0 spiro atoms. The lowest BCUT2D eigenvalue weighted by Crippen LogP contribution is -2.45. The molecule has 0 amide bonds. The van der Waals surface area contributed by atoms with Crippen LogP contribution in [0.25, 0.3) is 0 Å². The molecule has 1 saturated heterocycles. The van der Waals surface area contributed by atoms with Crippen molar-refractivity contribution >= 4 is 0 Å². The first-order valence-corrected chi connectivity index (χ1v) is 6.21. The van der Waals surface area contributed by atoms with E-state index in [1.54, 1.807) is 6.07 Å². The van der Waals surface area contributed by atoms with Crippen LogP contribution < -0.4 is 19.5 Å². The molecule has 0 saturated carbocycles. The third-order valence-corrected chi connectivity index (χ3v) is 3.39. The third kappa shape index (κ3) is 2.37. The van der Waals surface area contributed by atoms with E-state index in [0.29, 0.717) is 18.1 Å². The highest BCUT2D eigenvalue weighted by molar-refractivity contribution is 5.46. The molecule has 1 fully saturated rings. The topological polar surface area (TPSA) is 60.0 Å². The van der Waals surface area contributed by atoms with Gasteiger partial charge in [-0.1, -0.05) is 0 Å². The Kier molecular flexibility index (Phi) is 3.01. The lowest BCUT2D eigenvalue weighted by atomic mass is 9.93. The molecule has 2 aliphatic heterocycles. The van der Waals surface area contributed by atoms with Crippen molar-refractivity contribution < 1.29 is 19.3 Å². The van der Waals surface area contributed by atoms with Gasteiger partial charge in [-0.05, 0) is 38.1 Å². The van der Waals surface area contributed by atoms with Crippen LogP contribution >= 0.6 is 0 Å². The average Bonchev–Trinajstić information content (AvgIpc) is 2.85. The van der Waals surface area contributed by atoms with Crippen molar-refractivity contribution in [3.8, 4) is 17.2 Å². The van der Waals surface area contributed by atoms with Crippen LogP contribution in [0.2, 0.25) is 0 Å². The maximum Gasteiger partial charge on any atom is 0.231 e. The summed E-state index contributed by atoms with van der Waals surface area (Å²) in [4.78, 5) is 0. The molecule has 0 aliphatic carbocycles. The Morgan fingerprint density at radius 2 is 2.00 bits per heavy atom. The van der Waals surface area contributed by atoms with Gasteiger partial charge in [0.15, 0.2) is 11.5 Å². The van der Waals surface area contributed by atoms with Crippen molar-refractivity contribution in [3.05, 3.63) is 18.2 Å². The molecule has 5 heteroatoms. The van der Waals surface area contributed by atoms with Crippen LogP contribution in [0, 0.1) is 0 Å². The highest BCUT2D eigenvalue weighted by Gasteiger charge is 2.30. The summed E-state index contributed by atoms with van der Waals surface area (Å²) in [7, 11) is 0. The van der Waals surface area contributed by atoms with Gasteiger partial charge in [-0.2, -0.15) is 0 Å². The first kappa shape index (κ1) is 11.6. The highest BCUT2D eigenvalue weighted by atomic mass is 16.7. The summed E-state index contributed by atoms with van der Waals surface area (Å²) in [5.74, 6) is 2.14. The number of rotatable bonds is 3. The summed E-state index contributed by atoms with van der Waals surface area (Å²) in [5.41, 5.74) is -0.721. The van der Waals surface area contributed by atoms with Crippen molar-refractivity contribution in [2.45, 2.75) is 18.4 Å². The van der Waals surface area contributed by atoms with Crippen molar-refractivity contribution in [1.29, 1.82) is 0 Å². The molecule has 1 aromatic rings. The second kappa shape index (κ2) is 4.66. The molecule has 2 heterocycles. The van der Waals surface area contributed by atoms with E-state index in [1.165, 1.54) is 0 Å². The molecule has 0 atom stereocenters. The first-order chi connectivity index (χ1) is 8.75. The Morgan fingerprint density at radius 1 is 1.22 bits per heavy atom. The third-order valence-electron chi connectivity index (χ3n) is 3.39. The quantitative estimate of drug-likeness (QED) is 0.836. The molecule has 18 heavy (non-hydrogen) atoms. The van der Waals surface area contributed by atoms with E-state index in [2.05, 4.69) is 5.32 Å². The zero-order chi connectivity index (χ0) is 12.4. The Morgan fingerprint density at radius 3 is 2.83 bits per heavy atom. The number of hydrogen-bond donors (Lipinski definition) is 2. The monoisotopic (exact) mass is 251 g/mol. The molecule has 98 valence electrons. The van der Waals surface area contributed by atoms with Crippen LogP contribution in [0.1, 0.15) is 12.8 Å². The van der Waals surface area contributed by atoms with E-state index >= 15 is 0 Å². The summed E-state index contributed by atoms with van der Waals surface area (Å²) in [6.07, 6.45) is 1.44. The van der Waals surface area contributed by atoms with Crippen LogP contribution in [0.3, 0.4) is 0 Å². The van der Waals surface area contributed by atoms with Crippen molar-refractivity contribution in [2.75, 3.05) is 26.5 Å². The zero-order valence-electron chi connectivity index (χ0n) is 10.1. The van der Waals surface area contributed by atoms with Crippen molar-refractivity contribution in [1.82, 2.24) is 5.32 Å². The number of ether oxygens (including phenoxy) is 3. The Hall–Kier alpha value is -1.46. The summed E-state index contributed by atoms with van der Waals surface area (Å²) >= 11 is 0. The van der Waals surface area contributed by atoms with Crippen LogP contribution in [0.4, 0.5) is 0 Å². The van der Waals surface area contributed by atoms with Gasteiger partial charge >= 0.3 is 0 Å². The number of hydrogen-bond acceptors (Lipinski definition) is 5. The fraction of sp³-hybridized carbons (Fsp3) is 0.538. The van der Waals surface area contributed by atoms with E-state index < -0.39 is 5.60 Å². The largest absolute Gasteiger partial charge is 0.490 e. The standard InChI is InChI=1S/C13H17NO4/c15-13(3-5-14-6-4-13)8-16-10-1-2-11-12(7-10)18-9-17-11/h1-2,7,14-15H,3-6,8-9H2. The molecule has 0 unspecified atom stereocenters. The maximum absolute atomic E-state index is 10.3. The molecular weight excluding hydrogens is 234 g/mol. The SMILES string of the molecule is OC1(COc2ccc3c(c2)OCO3)CCNCC1. The van der Waals surface area contributed by atoms with Crippen LogP contribution in [-0.4, -0.2) is 37.2 Å². The second-order valence-electron chi connectivity index (χ2n) is 4.78. The highest BCUT2D eigenvalue weighted by Crippen LogP contribution is 2.35. The van der Waals surface area contributed by atoms with Crippen LogP contribution in [0.5, 0.6) is 17.2 Å². The van der Waals surface area contributed by atoms with Gasteiger partial charge in [0.2, 0.25) is 6.79 Å². The molecule has 0 aromatic heterocycles. The van der Waals surface area contributed by atoms with Gasteiger partial charge in [0.1, 0.15) is 18.0 Å². The predicted octanol–water partition coefficient (Wildman–Crippen LogP) is 0.909. The van der Waals surface area contributed by atoms with Gasteiger partial charge in [0, 0.05) is 6.07 Å². The number of fused-ring (bicyclic) bond motifs is 1. The molecular formula is C13H17NO4. The smallest absolute Gasteiger partial charge is 0.231 e. The summed E-state index contributed by atoms with van der Waals surface area (Å²) in [5, 5.41) is 13.5. The number of nitrogens with one attached hydrogen (secondary N) is 1. The first-order valence-electron chi connectivity index (χ1n) is 6.21. The van der Waals surface area contributed by atoms with E-state index in [9.17, 15) is 5.11 Å². The minimum atomic E-state index is -0.721. The van der Waals surface area contributed by atoms with E-state index in [1.807, 2.05) is 12.1 Å². The summed E-state index contributed by atoms with van der Waals surface area (Å²) in [6.45, 7) is 2.24. The Bertz CT molecular complexity index is 429. The lowest BCUT2D eigenvalue weighted by Gasteiger charge is -2.32. The minimum Gasteiger partial charge on any atom is -0.490 e. The Labute approximate surface area is 106 Å². The number of aliphatic hydroxyl groups is 1. The van der Waals surface area contributed by atoms with Crippen LogP contribution in [-0.2, 0) is 0 Å². The molecule has 0 radical (unpaired) electrons. The van der Waals surface area contributed by atoms with Gasteiger partial charge in [-0.15, -0.1) is 0 Å². The maximum atomic E-state index is 10.3. The van der Waals surface area contributed by atoms with Crippen LogP contribution in [0.15, 0.2) is 18.2 Å². The number of piperidine rings is 1. The molecule has 1 aromatic carbocycles. The van der Waals surface area contributed by atoms with Gasteiger partial charge < -0.3 is 24.6 Å².